The highest BCUT2D eigenvalue weighted by atomic mass is 79.9. The first-order valence-electron chi connectivity index (χ1n) is 15.7. The van der Waals surface area contributed by atoms with E-state index in [1.807, 2.05) is 91.9 Å². The number of halogens is 1. The fourth-order valence-electron chi connectivity index (χ4n) is 5.00. The molecule has 0 aliphatic carbocycles. The van der Waals surface area contributed by atoms with E-state index >= 15 is 0 Å². The number of rotatable bonds is 2. The lowest BCUT2D eigenvalue weighted by atomic mass is 9.49. The lowest BCUT2D eigenvalue weighted by Gasteiger charge is -2.32. The van der Waals surface area contributed by atoms with Gasteiger partial charge in [-0.2, -0.15) is 10.2 Å². The van der Waals surface area contributed by atoms with E-state index in [9.17, 15) is 0 Å². The number of hydrogen-bond donors (Lipinski definition) is 2. The van der Waals surface area contributed by atoms with Crippen molar-refractivity contribution in [3.8, 4) is 0 Å². The van der Waals surface area contributed by atoms with Gasteiger partial charge in [0.05, 0.1) is 57.0 Å². The topological polar surface area (TPSA) is 113 Å². The van der Waals surface area contributed by atoms with Crippen LogP contribution in [0.4, 0.5) is 0 Å². The number of aromatic nitrogens is 4. The molecule has 0 amide bonds. The Hall–Kier alpha value is -2.19. The van der Waals surface area contributed by atoms with Crippen LogP contribution in [0.15, 0.2) is 53.3 Å². The molecule has 5 heterocycles. The van der Waals surface area contributed by atoms with Crippen LogP contribution >= 0.6 is 15.9 Å². The third-order valence-corrected chi connectivity index (χ3v) is 10.7. The summed E-state index contributed by atoms with van der Waals surface area (Å²) in [5.41, 5.74) is 1.08. The van der Waals surface area contributed by atoms with Gasteiger partial charge in [-0.1, -0.05) is 28.1 Å². The van der Waals surface area contributed by atoms with Crippen LogP contribution in [-0.4, -0.2) is 75.1 Å². The summed E-state index contributed by atoms with van der Waals surface area (Å²) < 4.78 is 37.0. The van der Waals surface area contributed by atoms with Gasteiger partial charge in [0.25, 0.3) is 0 Å². The predicted octanol–water partition coefficient (Wildman–Crippen LogP) is 6.44. The van der Waals surface area contributed by atoms with Gasteiger partial charge in [-0.25, -0.2) is 0 Å². The van der Waals surface area contributed by atoms with Gasteiger partial charge in [-0.15, -0.1) is 0 Å². The fourth-order valence-corrected chi connectivity index (χ4v) is 5.38. The van der Waals surface area contributed by atoms with Crippen molar-refractivity contribution in [2.75, 3.05) is 0 Å². The van der Waals surface area contributed by atoms with E-state index in [0.29, 0.717) is 0 Å². The molecule has 3 aliphatic rings. The van der Waals surface area contributed by atoms with Crippen LogP contribution in [0.3, 0.4) is 0 Å². The molecular weight excluding hydrogens is 649 g/mol. The van der Waals surface area contributed by atoms with Crippen molar-refractivity contribution in [2.45, 2.75) is 117 Å². The van der Waals surface area contributed by atoms with E-state index in [-0.39, 0.29) is 40.7 Å². The predicted molar refractivity (Wildman–Crippen MR) is 188 cm³/mol. The molecule has 0 bridgehead atoms. The normalized spacial score (nSPS) is 23.3. The Balaban J connectivity index is 0.000000142. The molecule has 0 radical (unpaired) electrons. The Bertz CT molecular complexity index is 1610. The van der Waals surface area contributed by atoms with Crippen LogP contribution in [0, 0.1) is 0 Å². The molecule has 2 aromatic carbocycles. The number of aromatic amines is 2. The van der Waals surface area contributed by atoms with Gasteiger partial charge in [0, 0.05) is 15.2 Å². The van der Waals surface area contributed by atoms with Crippen molar-refractivity contribution in [3.63, 3.8) is 0 Å². The lowest BCUT2D eigenvalue weighted by molar-refractivity contribution is 0.00578. The summed E-state index contributed by atoms with van der Waals surface area (Å²) in [6, 6.07) is 12.1. The van der Waals surface area contributed by atoms with E-state index in [0.717, 1.165) is 31.7 Å². The molecule has 46 heavy (non-hydrogen) atoms. The molecule has 0 atom stereocenters. The Morgan fingerprint density at radius 2 is 0.891 bits per heavy atom. The molecule has 0 unspecified atom stereocenters. The maximum Gasteiger partial charge on any atom is 0.494 e. The van der Waals surface area contributed by atoms with Crippen LogP contribution in [-0.2, 0) is 27.9 Å². The third-order valence-electron chi connectivity index (χ3n) is 10.2. The molecule has 3 fully saturated rings. The van der Waals surface area contributed by atoms with E-state index in [1.165, 1.54) is 0 Å². The minimum Gasteiger partial charge on any atom is -0.405 e. The van der Waals surface area contributed by atoms with Crippen molar-refractivity contribution in [1.82, 2.24) is 20.4 Å². The standard InChI is InChI=1S/C13H17BN2O2.C12H24B2O4.C7H5BrN2/c1-12(2)13(3,4)18-14(17-12)10-5-6-11-9(7-10)8-15-16-11;1-9(2)10(3,4)16-13(15-9)14-17-11(5,6)12(7,8)18-14;8-6-1-2-7-5(3-6)4-9-10-7/h5-8H,1-4H3,(H,15,16);1-8H3;1-4H,(H,9,10). The van der Waals surface area contributed by atoms with Gasteiger partial charge in [-0.05, 0) is 113 Å². The van der Waals surface area contributed by atoms with Crippen LogP contribution in [0.5, 0.6) is 0 Å². The second-order valence-electron chi connectivity index (χ2n) is 15.2. The highest BCUT2D eigenvalue weighted by Crippen LogP contribution is 2.43. The van der Waals surface area contributed by atoms with Gasteiger partial charge in [0.1, 0.15) is 0 Å². The van der Waals surface area contributed by atoms with Crippen LogP contribution in [0.25, 0.3) is 21.8 Å². The summed E-state index contributed by atoms with van der Waals surface area (Å²) in [6.07, 6.45) is 3.62. The van der Waals surface area contributed by atoms with Crippen molar-refractivity contribution < 1.29 is 27.9 Å². The maximum absolute atomic E-state index is 6.02. The summed E-state index contributed by atoms with van der Waals surface area (Å²) in [5.74, 6) is 0. The Morgan fingerprint density at radius 3 is 1.33 bits per heavy atom. The minimum absolute atomic E-state index is 0.303. The first-order valence-corrected chi connectivity index (χ1v) is 16.5. The highest BCUT2D eigenvalue weighted by molar-refractivity contribution is 9.10. The Kier molecular flexibility index (Phi) is 9.20. The number of H-pyrrole nitrogens is 2. The zero-order chi connectivity index (χ0) is 33.9. The second-order valence-corrected chi connectivity index (χ2v) is 16.1. The molecule has 10 nitrogen and oxygen atoms in total. The first kappa shape index (κ1) is 35.1. The van der Waals surface area contributed by atoms with Crippen molar-refractivity contribution in [3.05, 3.63) is 53.3 Å². The smallest absolute Gasteiger partial charge is 0.405 e. The molecule has 7 rings (SSSR count). The zero-order valence-corrected chi connectivity index (χ0v) is 30.7. The molecule has 246 valence electrons. The Labute approximate surface area is 281 Å². The minimum atomic E-state index is -0.476. The van der Waals surface area contributed by atoms with Crippen molar-refractivity contribution >= 4 is 64.3 Å². The average molecular weight is 695 g/mol. The number of hydrogen-bond acceptors (Lipinski definition) is 8. The fraction of sp³-hybridized carbons (Fsp3) is 0.562. The quantitative estimate of drug-likeness (QED) is 0.231. The van der Waals surface area contributed by atoms with Crippen LogP contribution in [0.1, 0.15) is 83.1 Å². The van der Waals surface area contributed by atoms with Crippen LogP contribution < -0.4 is 5.46 Å². The number of fused-ring (bicyclic) bond motifs is 2. The van der Waals surface area contributed by atoms with Gasteiger partial charge >= 0.3 is 21.1 Å². The molecule has 2 aromatic heterocycles. The molecule has 14 heteroatoms. The van der Waals surface area contributed by atoms with E-state index < -0.39 is 14.0 Å². The molecule has 3 aliphatic heterocycles. The summed E-state index contributed by atoms with van der Waals surface area (Å²) in [6.45, 7) is 24.4. The monoisotopic (exact) mass is 694 g/mol. The van der Waals surface area contributed by atoms with Gasteiger partial charge in [-0.3, -0.25) is 10.2 Å². The molecule has 0 saturated carbocycles. The van der Waals surface area contributed by atoms with Gasteiger partial charge < -0.3 is 27.9 Å². The molecular formula is C32H46B3BrN4O6. The summed E-state index contributed by atoms with van der Waals surface area (Å²) in [4.78, 5) is 0. The maximum atomic E-state index is 6.02. The van der Waals surface area contributed by atoms with Gasteiger partial charge in [0.2, 0.25) is 0 Å². The number of benzene rings is 2. The highest BCUT2D eigenvalue weighted by Gasteiger charge is 2.63. The largest absolute Gasteiger partial charge is 0.494 e. The second kappa shape index (κ2) is 12.1. The molecule has 4 aromatic rings. The van der Waals surface area contributed by atoms with Crippen molar-refractivity contribution in [2.24, 2.45) is 0 Å². The number of nitrogens with one attached hydrogen (secondary N) is 2. The molecule has 0 spiro atoms. The third kappa shape index (κ3) is 6.85. The molecule has 2 N–H and O–H groups in total. The van der Waals surface area contributed by atoms with E-state index in [1.54, 1.807) is 6.20 Å². The molecule has 3 saturated heterocycles. The SMILES string of the molecule is Brc1ccc2[nH]ncc2c1.CC1(C)OB(B2OC(C)(C)C(C)(C)O2)OC1(C)C.CC1(C)OB(c2ccc3[nH]ncc3c2)OC1(C)C. The average Bonchev–Trinajstić information content (AvgIpc) is 3.71. The van der Waals surface area contributed by atoms with Crippen LogP contribution in [0.2, 0.25) is 0 Å². The van der Waals surface area contributed by atoms with E-state index in [2.05, 4.69) is 70.1 Å². The van der Waals surface area contributed by atoms with Crippen molar-refractivity contribution in [1.29, 1.82) is 0 Å². The zero-order valence-electron chi connectivity index (χ0n) is 29.1. The summed E-state index contributed by atoms with van der Waals surface area (Å²) in [5, 5.41) is 15.9. The van der Waals surface area contributed by atoms with E-state index in [4.69, 9.17) is 27.9 Å². The number of nitrogens with zero attached hydrogens (tertiary/aromatic N) is 2. The van der Waals surface area contributed by atoms with Gasteiger partial charge in [0.15, 0.2) is 0 Å². The first-order chi connectivity index (χ1) is 21.1. The Morgan fingerprint density at radius 1 is 0.522 bits per heavy atom. The summed E-state index contributed by atoms with van der Waals surface area (Å²) >= 11 is 3.38. The summed E-state index contributed by atoms with van der Waals surface area (Å²) in [7, 11) is -1.26. The lowest BCUT2D eigenvalue weighted by Crippen LogP contribution is -2.41.